The molecule has 1 aromatic heterocycles. The van der Waals surface area contributed by atoms with Crippen LogP contribution in [-0.4, -0.2) is 47.2 Å². The topological polar surface area (TPSA) is 78.4 Å². The van der Waals surface area contributed by atoms with Gasteiger partial charge in [-0.15, -0.1) is 0 Å². The molecule has 112 valence electrons. The van der Waals surface area contributed by atoms with E-state index < -0.39 is 0 Å². The first-order chi connectivity index (χ1) is 10.2. The third-order valence-corrected chi connectivity index (χ3v) is 3.34. The molecule has 0 bridgehead atoms. The number of aliphatic hydroxyl groups is 1. The smallest absolute Gasteiger partial charge is 0.239 e. The van der Waals surface area contributed by atoms with Gasteiger partial charge in [0.25, 0.3) is 0 Å². The lowest BCUT2D eigenvalue weighted by Crippen LogP contribution is -2.42. The van der Waals surface area contributed by atoms with E-state index >= 15 is 0 Å². The Hall–Kier alpha value is -2.21. The SMILES string of the molecule is CCC(CO)NC(=O)CN(C)c1ncnc2ccccc12. The fourth-order valence-corrected chi connectivity index (χ4v) is 2.14. The first-order valence-corrected chi connectivity index (χ1v) is 6.96. The number of aromatic nitrogens is 2. The van der Waals surface area contributed by atoms with Gasteiger partial charge in [-0.1, -0.05) is 19.1 Å². The molecule has 1 unspecified atom stereocenters. The van der Waals surface area contributed by atoms with E-state index in [9.17, 15) is 4.79 Å². The Morgan fingerprint density at radius 1 is 1.38 bits per heavy atom. The number of hydrogen-bond donors (Lipinski definition) is 2. The van der Waals surface area contributed by atoms with Gasteiger partial charge in [0, 0.05) is 12.4 Å². The highest BCUT2D eigenvalue weighted by Crippen LogP contribution is 2.21. The van der Waals surface area contributed by atoms with Gasteiger partial charge in [0.05, 0.1) is 24.7 Å². The van der Waals surface area contributed by atoms with Gasteiger partial charge in [-0.3, -0.25) is 4.79 Å². The van der Waals surface area contributed by atoms with E-state index in [1.165, 1.54) is 6.33 Å². The normalized spacial score (nSPS) is 12.1. The summed E-state index contributed by atoms with van der Waals surface area (Å²) in [6.07, 6.45) is 2.19. The van der Waals surface area contributed by atoms with Crippen LogP contribution in [0.3, 0.4) is 0 Å². The number of nitrogens with one attached hydrogen (secondary N) is 1. The summed E-state index contributed by atoms with van der Waals surface area (Å²) in [6.45, 7) is 2.04. The molecule has 6 heteroatoms. The summed E-state index contributed by atoms with van der Waals surface area (Å²) in [7, 11) is 1.81. The van der Waals surface area contributed by atoms with E-state index in [1.54, 1.807) is 4.90 Å². The molecule has 0 saturated carbocycles. The van der Waals surface area contributed by atoms with Gasteiger partial charge in [0.2, 0.25) is 5.91 Å². The number of carbonyl (C=O) groups is 1. The predicted molar refractivity (Wildman–Crippen MR) is 82.1 cm³/mol. The Bertz CT molecular complexity index is 608. The Balaban J connectivity index is 2.12. The average Bonchev–Trinajstić information content (AvgIpc) is 2.51. The summed E-state index contributed by atoms with van der Waals surface area (Å²) in [4.78, 5) is 22.2. The lowest BCUT2D eigenvalue weighted by Gasteiger charge is -2.21. The van der Waals surface area contributed by atoms with Crippen molar-refractivity contribution >= 4 is 22.6 Å². The Morgan fingerprint density at radius 2 is 2.14 bits per heavy atom. The van der Waals surface area contributed by atoms with Gasteiger partial charge in [-0.05, 0) is 18.6 Å². The Labute approximate surface area is 123 Å². The molecule has 1 aromatic carbocycles. The van der Waals surface area contributed by atoms with E-state index in [0.717, 1.165) is 10.9 Å². The zero-order valence-corrected chi connectivity index (χ0v) is 12.3. The minimum absolute atomic E-state index is 0.0532. The Morgan fingerprint density at radius 3 is 2.86 bits per heavy atom. The number of para-hydroxylation sites is 1. The van der Waals surface area contributed by atoms with Gasteiger partial charge < -0.3 is 15.3 Å². The number of amides is 1. The summed E-state index contributed by atoms with van der Waals surface area (Å²) >= 11 is 0. The van der Waals surface area contributed by atoms with Crippen LogP contribution < -0.4 is 10.2 Å². The highest BCUT2D eigenvalue weighted by Gasteiger charge is 2.14. The molecule has 0 aliphatic heterocycles. The fourth-order valence-electron chi connectivity index (χ4n) is 2.14. The van der Waals surface area contributed by atoms with Crippen molar-refractivity contribution in [1.82, 2.24) is 15.3 Å². The summed E-state index contributed by atoms with van der Waals surface area (Å²) in [6, 6.07) is 7.48. The van der Waals surface area contributed by atoms with Crippen molar-refractivity contribution in [2.45, 2.75) is 19.4 Å². The standard InChI is InChI=1S/C15H20N4O2/c1-3-11(9-20)18-14(21)8-19(2)15-12-6-4-5-7-13(12)16-10-17-15/h4-7,10-11,20H,3,8-9H2,1-2H3,(H,18,21). The highest BCUT2D eigenvalue weighted by atomic mass is 16.3. The van der Waals surface area contributed by atoms with Gasteiger partial charge in [-0.2, -0.15) is 0 Å². The monoisotopic (exact) mass is 288 g/mol. The molecule has 0 saturated heterocycles. The molecule has 21 heavy (non-hydrogen) atoms. The van der Waals surface area contributed by atoms with Crippen LogP contribution in [0.2, 0.25) is 0 Å². The zero-order valence-electron chi connectivity index (χ0n) is 12.3. The number of nitrogens with zero attached hydrogens (tertiary/aromatic N) is 3. The van der Waals surface area contributed by atoms with Gasteiger partial charge in [-0.25, -0.2) is 9.97 Å². The summed E-state index contributed by atoms with van der Waals surface area (Å²) in [5.74, 6) is 0.578. The number of carbonyl (C=O) groups excluding carboxylic acids is 1. The van der Waals surface area contributed by atoms with E-state index in [-0.39, 0.29) is 25.1 Å². The molecule has 2 rings (SSSR count). The quantitative estimate of drug-likeness (QED) is 0.827. The Kier molecular flexibility index (Phi) is 5.05. The van der Waals surface area contributed by atoms with Crippen molar-refractivity contribution in [2.75, 3.05) is 25.1 Å². The molecule has 2 aromatic rings. The lowest BCUT2D eigenvalue weighted by molar-refractivity contribution is -0.120. The van der Waals surface area contributed by atoms with Crippen molar-refractivity contribution in [3.8, 4) is 0 Å². The van der Waals surface area contributed by atoms with Crippen LogP contribution in [0.5, 0.6) is 0 Å². The first kappa shape index (κ1) is 15.2. The third-order valence-electron chi connectivity index (χ3n) is 3.34. The number of hydrogen-bond acceptors (Lipinski definition) is 5. The van der Waals surface area contributed by atoms with E-state index in [2.05, 4.69) is 15.3 Å². The summed E-state index contributed by atoms with van der Waals surface area (Å²) < 4.78 is 0. The molecule has 1 amide bonds. The van der Waals surface area contributed by atoms with Crippen molar-refractivity contribution in [3.63, 3.8) is 0 Å². The molecule has 1 atom stereocenters. The van der Waals surface area contributed by atoms with Crippen LogP contribution in [-0.2, 0) is 4.79 Å². The largest absolute Gasteiger partial charge is 0.394 e. The molecule has 6 nitrogen and oxygen atoms in total. The molecule has 0 spiro atoms. The minimum Gasteiger partial charge on any atom is -0.394 e. The van der Waals surface area contributed by atoms with Crippen molar-refractivity contribution < 1.29 is 9.90 Å². The molecular formula is C15H20N4O2. The zero-order chi connectivity index (χ0) is 15.2. The van der Waals surface area contributed by atoms with E-state index in [1.807, 2.05) is 38.2 Å². The summed E-state index contributed by atoms with van der Waals surface area (Å²) in [5.41, 5.74) is 0.844. The number of fused-ring (bicyclic) bond motifs is 1. The molecule has 2 N–H and O–H groups in total. The number of rotatable bonds is 6. The maximum Gasteiger partial charge on any atom is 0.239 e. The molecule has 0 aliphatic rings. The van der Waals surface area contributed by atoms with Crippen LogP contribution in [0, 0.1) is 0 Å². The molecule has 1 heterocycles. The van der Waals surface area contributed by atoms with E-state index in [0.29, 0.717) is 12.2 Å². The second-order valence-electron chi connectivity index (χ2n) is 4.93. The van der Waals surface area contributed by atoms with E-state index in [4.69, 9.17) is 5.11 Å². The van der Waals surface area contributed by atoms with Crippen molar-refractivity contribution in [3.05, 3.63) is 30.6 Å². The molecular weight excluding hydrogens is 268 g/mol. The predicted octanol–water partition coefficient (Wildman–Crippen LogP) is 0.953. The van der Waals surface area contributed by atoms with Gasteiger partial charge in [0.15, 0.2) is 0 Å². The number of likely N-dealkylation sites (N-methyl/N-ethyl adjacent to an activating group) is 1. The second-order valence-corrected chi connectivity index (χ2v) is 4.93. The molecule has 0 radical (unpaired) electrons. The minimum atomic E-state index is -0.201. The fraction of sp³-hybridized carbons (Fsp3) is 0.400. The second kappa shape index (κ2) is 6.99. The van der Waals surface area contributed by atoms with Crippen LogP contribution >= 0.6 is 0 Å². The molecule has 0 fully saturated rings. The van der Waals surface area contributed by atoms with Gasteiger partial charge in [0.1, 0.15) is 12.1 Å². The number of aliphatic hydroxyl groups excluding tert-OH is 1. The maximum atomic E-state index is 12.0. The number of benzene rings is 1. The van der Waals surface area contributed by atoms with Crippen molar-refractivity contribution in [2.24, 2.45) is 0 Å². The maximum absolute atomic E-state index is 12.0. The average molecular weight is 288 g/mol. The number of anilines is 1. The first-order valence-electron chi connectivity index (χ1n) is 6.96. The highest BCUT2D eigenvalue weighted by molar-refractivity contribution is 5.91. The van der Waals surface area contributed by atoms with Crippen LogP contribution in [0.15, 0.2) is 30.6 Å². The van der Waals surface area contributed by atoms with Crippen LogP contribution in [0.1, 0.15) is 13.3 Å². The third kappa shape index (κ3) is 3.66. The van der Waals surface area contributed by atoms with Crippen LogP contribution in [0.4, 0.5) is 5.82 Å². The van der Waals surface area contributed by atoms with Crippen LogP contribution in [0.25, 0.3) is 10.9 Å². The molecule has 0 aliphatic carbocycles. The summed E-state index contributed by atoms with van der Waals surface area (Å²) in [5, 5.41) is 12.8. The van der Waals surface area contributed by atoms with Crippen molar-refractivity contribution in [1.29, 1.82) is 0 Å². The van der Waals surface area contributed by atoms with Gasteiger partial charge >= 0.3 is 0 Å². The lowest BCUT2D eigenvalue weighted by atomic mass is 10.2.